The molecule has 0 radical (unpaired) electrons. The number of nitrogen functional groups attached to an aromatic ring is 1. The zero-order valence-electron chi connectivity index (χ0n) is 8.43. The fraction of sp³-hybridized carbons (Fsp3) is 0.182. The topological polar surface area (TPSA) is 61.3 Å². The molecule has 0 amide bonds. The second kappa shape index (κ2) is 4.04. The van der Waals surface area contributed by atoms with Crippen LogP contribution in [0.3, 0.4) is 0 Å². The third kappa shape index (κ3) is 2.28. The Kier molecular flexibility index (Phi) is 2.58. The van der Waals surface area contributed by atoms with Gasteiger partial charge in [0.1, 0.15) is 23.8 Å². The van der Waals surface area contributed by atoms with Crippen LogP contribution in [0.15, 0.2) is 35.1 Å². The summed E-state index contributed by atoms with van der Waals surface area (Å²) < 4.78 is 10.6. The highest BCUT2D eigenvalue weighted by Crippen LogP contribution is 2.15. The van der Waals surface area contributed by atoms with E-state index in [0.717, 1.165) is 22.9 Å². The molecule has 15 heavy (non-hydrogen) atoms. The number of benzene rings is 1. The normalized spacial score (nSPS) is 10.2. The molecule has 2 rings (SSSR count). The largest absolute Gasteiger partial charge is 0.487 e. The van der Waals surface area contributed by atoms with Crippen molar-refractivity contribution in [3.8, 4) is 5.75 Å². The summed E-state index contributed by atoms with van der Waals surface area (Å²) in [5.74, 6) is 1.55. The van der Waals surface area contributed by atoms with Crippen molar-refractivity contribution < 1.29 is 9.15 Å². The van der Waals surface area contributed by atoms with Crippen molar-refractivity contribution >= 4 is 5.69 Å². The molecule has 0 aliphatic carbocycles. The van der Waals surface area contributed by atoms with E-state index in [-0.39, 0.29) is 0 Å². The monoisotopic (exact) mass is 204 g/mol. The van der Waals surface area contributed by atoms with Crippen molar-refractivity contribution in [3.05, 3.63) is 42.1 Å². The van der Waals surface area contributed by atoms with Gasteiger partial charge < -0.3 is 14.9 Å². The summed E-state index contributed by atoms with van der Waals surface area (Å²) in [5.41, 5.74) is 7.09. The van der Waals surface area contributed by atoms with Crippen LogP contribution in [0, 0.1) is 6.92 Å². The van der Waals surface area contributed by atoms with Gasteiger partial charge in [-0.3, -0.25) is 0 Å². The molecular weight excluding hydrogens is 192 g/mol. The van der Waals surface area contributed by atoms with E-state index in [1.807, 2.05) is 19.1 Å². The minimum absolute atomic E-state index is 0.409. The number of aryl methyl sites for hydroxylation is 1. The zero-order chi connectivity index (χ0) is 10.7. The minimum atomic E-state index is 0.409. The van der Waals surface area contributed by atoms with E-state index in [0.29, 0.717) is 6.61 Å². The molecule has 1 aromatic heterocycles. The summed E-state index contributed by atoms with van der Waals surface area (Å²) >= 11 is 0. The first-order valence-electron chi connectivity index (χ1n) is 4.63. The second-order valence-electron chi connectivity index (χ2n) is 3.21. The molecule has 0 aliphatic rings. The lowest BCUT2D eigenvalue weighted by molar-refractivity contribution is 0.299. The van der Waals surface area contributed by atoms with Crippen LogP contribution < -0.4 is 10.5 Å². The summed E-state index contributed by atoms with van der Waals surface area (Å²) in [5, 5.41) is 0. The Labute approximate surface area is 87.7 Å². The molecule has 0 unspecified atom stereocenters. The molecule has 0 saturated heterocycles. The Morgan fingerprint density at radius 3 is 2.67 bits per heavy atom. The number of nitrogens with two attached hydrogens (primary N) is 1. The lowest BCUT2D eigenvalue weighted by atomic mass is 10.3. The molecule has 0 fully saturated rings. The van der Waals surface area contributed by atoms with Gasteiger partial charge in [0, 0.05) is 5.69 Å². The van der Waals surface area contributed by atoms with Gasteiger partial charge in [0.25, 0.3) is 0 Å². The third-order valence-electron chi connectivity index (χ3n) is 2.10. The SMILES string of the molecule is Cc1ocnc1COc1ccc(N)cc1. The molecule has 1 aromatic carbocycles. The van der Waals surface area contributed by atoms with Crippen LogP contribution in [0.2, 0.25) is 0 Å². The summed E-state index contributed by atoms with van der Waals surface area (Å²) in [6.45, 7) is 2.26. The van der Waals surface area contributed by atoms with E-state index in [9.17, 15) is 0 Å². The van der Waals surface area contributed by atoms with Gasteiger partial charge in [-0.1, -0.05) is 0 Å². The summed E-state index contributed by atoms with van der Waals surface area (Å²) in [6.07, 6.45) is 1.41. The van der Waals surface area contributed by atoms with Gasteiger partial charge >= 0.3 is 0 Å². The summed E-state index contributed by atoms with van der Waals surface area (Å²) in [6, 6.07) is 7.24. The average Bonchev–Trinajstić information content (AvgIpc) is 2.63. The Morgan fingerprint density at radius 1 is 1.33 bits per heavy atom. The number of nitrogens with zero attached hydrogens (tertiary/aromatic N) is 1. The number of rotatable bonds is 3. The van der Waals surface area contributed by atoms with E-state index in [4.69, 9.17) is 14.9 Å². The Hall–Kier alpha value is -1.97. The second-order valence-corrected chi connectivity index (χ2v) is 3.21. The molecule has 4 heteroatoms. The lowest BCUT2D eigenvalue weighted by Gasteiger charge is -2.04. The first kappa shape index (κ1) is 9.58. The molecular formula is C11H12N2O2. The standard InChI is InChI=1S/C11H12N2O2/c1-8-11(13-7-15-8)6-14-10-4-2-9(12)3-5-10/h2-5,7H,6,12H2,1H3. The molecule has 2 aromatic rings. The molecule has 1 heterocycles. The van der Waals surface area contributed by atoms with Crippen molar-refractivity contribution in [1.82, 2.24) is 4.98 Å². The number of oxazole rings is 1. The number of hydrogen-bond donors (Lipinski definition) is 1. The molecule has 4 nitrogen and oxygen atoms in total. The van der Waals surface area contributed by atoms with Crippen LogP contribution in [-0.2, 0) is 6.61 Å². The number of hydrogen-bond acceptors (Lipinski definition) is 4. The lowest BCUT2D eigenvalue weighted by Crippen LogP contribution is -1.97. The van der Waals surface area contributed by atoms with E-state index < -0.39 is 0 Å². The molecule has 0 saturated carbocycles. The van der Waals surface area contributed by atoms with Gasteiger partial charge in [-0.25, -0.2) is 4.98 Å². The molecule has 78 valence electrons. The first-order chi connectivity index (χ1) is 7.25. The van der Waals surface area contributed by atoms with E-state index in [1.54, 1.807) is 12.1 Å². The van der Waals surface area contributed by atoms with Crippen LogP contribution in [0.1, 0.15) is 11.5 Å². The van der Waals surface area contributed by atoms with Gasteiger partial charge in [0.05, 0.1) is 0 Å². The Morgan fingerprint density at radius 2 is 2.07 bits per heavy atom. The van der Waals surface area contributed by atoms with E-state index in [1.165, 1.54) is 6.39 Å². The molecule has 2 N–H and O–H groups in total. The van der Waals surface area contributed by atoms with Crippen LogP contribution in [-0.4, -0.2) is 4.98 Å². The zero-order valence-corrected chi connectivity index (χ0v) is 8.43. The third-order valence-corrected chi connectivity index (χ3v) is 2.10. The van der Waals surface area contributed by atoms with Crippen molar-refractivity contribution in [2.75, 3.05) is 5.73 Å². The molecule has 0 atom stereocenters. The van der Waals surface area contributed by atoms with E-state index >= 15 is 0 Å². The van der Waals surface area contributed by atoms with Crippen molar-refractivity contribution in [2.45, 2.75) is 13.5 Å². The van der Waals surface area contributed by atoms with Gasteiger partial charge in [-0.15, -0.1) is 0 Å². The molecule has 0 aliphatic heterocycles. The number of anilines is 1. The highest BCUT2D eigenvalue weighted by Gasteiger charge is 2.03. The summed E-state index contributed by atoms with van der Waals surface area (Å²) in [7, 11) is 0. The maximum Gasteiger partial charge on any atom is 0.181 e. The first-order valence-corrected chi connectivity index (χ1v) is 4.63. The number of aromatic nitrogens is 1. The Balaban J connectivity index is 1.99. The van der Waals surface area contributed by atoms with Crippen LogP contribution >= 0.6 is 0 Å². The van der Waals surface area contributed by atoms with Gasteiger partial charge in [-0.05, 0) is 31.2 Å². The van der Waals surface area contributed by atoms with Gasteiger partial charge in [0.2, 0.25) is 0 Å². The smallest absolute Gasteiger partial charge is 0.181 e. The van der Waals surface area contributed by atoms with Crippen molar-refractivity contribution in [2.24, 2.45) is 0 Å². The minimum Gasteiger partial charge on any atom is -0.487 e. The maximum absolute atomic E-state index is 5.56. The average molecular weight is 204 g/mol. The van der Waals surface area contributed by atoms with Crippen LogP contribution in [0.25, 0.3) is 0 Å². The molecule has 0 spiro atoms. The maximum atomic E-state index is 5.56. The predicted octanol–water partition coefficient (Wildman–Crippen LogP) is 2.14. The summed E-state index contributed by atoms with van der Waals surface area (Å²) in [4.78, 5) is 4.03. The number of ether oxygens (including phenoxy) is 1. The fourth-order valence-electron chi connectivity index (χ4n) is 1.18. The van der Waals surface area contributed by atoms with E-state index in [2.05, 4.69) is 4.98 Å². The van der Waals surface area contributed by atoms with Crippen LogP contribution in [0.5, 0.6) is 5.75 Å². The highest BCUT2D eigenvalue weighted by molar-refractivity contribution is 5.41. The van der Waals surface area contributed by atoms with Crippen molar-refractivity contribution in [1.29, 1.82) is 0 Å². The van der Waals surface area contributed by atoms with Gasteiger partial charge in [-0.2, -0.15) is 0 Å². The Bertz CT molecular complexity index is 434. The fourth-order valence-corrected chi connectivity index (χ4v) is 1.18. The van der Waals surface area contributed by atoms with Crippen LogP contribution in [0.4, 0.5) is 5.69 Å². The van der Waals surface area contributed by atoms with Crippen molar-refractivity contribution in [3.63, 3.8) is 0 Å². The highest BCUT2D eigenvalue weighted by atomic mass is 16.5. The molecule has 0 bridgehead atoms. The quantitative estimate of drug-likeness (QED) is 0.778. The van der Waals surface area contributed by atoms with Gasteiger partial charge in [0.15, 0.2) is 6.39 Å². The predicted molar refractivity (Wildman–Crippen MR) is 56.4 cm³/mol.